The maximum absolute atomic E-state index is 12.5. The molecule has 0 unspecified atom stereocenters. The van der Waals surface area contributed by atoms with Crippen LogP contribution in [-0.4, -0.2) is 21.9 Å². The lowest BCUT2D eigenvalue weighted by Gasteiger charge is -2.57. The lowest BCUT2D eigenvalue weighted by atomic mass is 9.48. The summed E-state index contributed by atoms with van der Waals surface area (Å²) in [4.78, 5) is 36.4. The Morgan fingerprint density at radius 1 is 1.20 bits per heavy atom. The molecule has 0 N–H and O–H groups in total. The maximum Gasteiger partial charge on any atom is 0.186 e. The van der Waals surface area contributed by atoms with E-state index in [1.807, 2.05) is 0 Å². The van der Waals surface area contributed by atoms with Crippen LogP contribution in [0.3, 0.4) is 0 Å². The number of ketones is 2. The van der Waals surface area contributed by atoms with Crippen LogP contribution in [0.2, 0.25) is 0 Å². The molecule has 0 aromatic heterocycles. The summed E-state index contributed by atoms with van der Waals surface area (Å²) in [5, 5.41) is 0.172. The topological polar surface area (TPSA) is 51.2 Å². The van der Waals surface area contributed by atoms with Crippen LogP contribution in [0.15, 0.2) is 23.8 Å². The highest BCUT2D eigenvalue weighted by Gasteiger charge is 2.60. The van der Waals surface area contributed by atoms with Crippen LogP contribution < -0.4 is 0 Å². The summed E-state index contributed by atoms with van der Waals surface area (Å²) >= 11 is 1.37. The molecule has 4 rings (SSSR count). The van der Waals surface area contributed by atoms with Gasteiger partial charge in [-0.25, -0.2) is 0 Å². The molecule has 0 aliphatic heterocycles. The molecule has 0 amide bonds. The van der Waals surface area contributed by atoms with Gasteiger partial charge in [0.1, 0.15) is 5.78 Å². The van der Waals surface area contributed by atoms with Crippen molar-refractivity contribution in [1.82, 2.24) is 0 Å². The lowest BCUT2D eigenvalue weighted by molar-refractivity contribution is -0.131. The highest BCUT2D eigenvalue weighted by Crippen LogP contribution is 2.64. The summed E-state index contributed by atoms with van der Waals surface area (Å²) in [5.41, 5.74) is 0.810. The largest absolute Gasteiger partial charge is 0.299 e. The van der Waals surface area contributed by atoms with E-state index in [-0.39, 0.29) is 27.0 Å². The van der Waals surface area contributed by atoms with Gasteiger partial charge in [0, 0.05) is 29.4 Å². The fourth-order valence-corrected chi connectivity index (χ4v) is 7.47. The van der Waals surface area contributed by atoms with E-state index in [1.54, 1.807) is 19.1 Å². The Hall–Kier alpha value is -1.16. The Labute approximate surface area is 153 Å². The number of thioether (sulfide) groups is 1. The standard InChI is InChI=1S/C21H26O3S/c1-12(22)25-18-11-14-15-4-5-19(24)21(15,3)9-7-16(14)20(2)8-6-13(23)10-17(18)20/h6,8,10,14-16,18H,4-5,7,9,11H2,1-3H3/t14-,15-,16-,18-,20+,21-/m0/s1. The van der Waals surface area contributed by atoms with Gasteiger partial charge in [0.25, 0.3) is 0 Å². The van der Waals surface area contributed by atoms with Crippen LogP contribution in [0.5, 0.6) is 0 Å². The summed E-state index contributed by atoms with van der Waals surface area (Å²) in [7, 11) is 0. The molecule has 0 saturated heterocycles. The summed E-state index contributed by atoms with van der Waals surface area (Å²) in [5.74, 6) is 1.83. The van der Waals surface area contributed by atoms with Crippen molar-refractivity contribution in [3.8, 4) is 0 Å². The first-order valence-electron chi connectivity index (χ1n) is 9.41. The number of allylic oxidation sites excluding steroid dienone is 3. The van der Waals surface area contributed by atoms with Gasteiger partial charge in [-0.1, -0.05) is 31.7 Å². The first kappa shape index (κ1) is 17.3. The average molecular weight is 359 g/mol. The molecule has 0 spiro atoms. The van der Waals surface area contributed by atoms with Crippen LogP contribution in [0.4, 0.5) is 0 Å². The summed E-state index contributed by atoms with van der Waals surface area (Å²) in [6, 6.07) is 0. The minimum absolute atomic E-state index is 0.0387. The van der Waals surface area contributed by atoms with Gasteiger partial charge in [0.15, 0.2) is 10.9 Å². The smallest absolute Gasteiger partial charge is 0.186 e. The van der Waals surface area contributed by atoms with Gasteiger partial charge in [0.05, 0.1) is 0 Å². The molecule has 0 heterocycles. The van der Waals surface area contributed by atoms with Crippen molar-refractivity contribution in [1.29, 1.82) is 0 Å². The van der Waals surface area contributed by atoms with Gasteiger partial charge < -0.3 is 0 Å². The second-order valence-electron chi connectivity index (χ2n) is 8.75. The molecule has 3 saturated carbocycles. The van der Waals surface area contributed by atoms with Crippen LogP contribution in [0, 0.1) is 28.6 Å². The van der Waals surface area contributed by atoms with Crippen molar-refractivity contribution in [3.63, 3.8) is 0 Å². The minimum Gasteiger partial charge on any atom is -0.299 e. The first-order valence-corrected chi connectivity index (χ1v) is 10.3. The number of fused-ring (bicyclic) bond motifs is 5. The number of hydrogen-bond acceptors (Lipinski definition) is 4. The minimum atomic E-state index is -0.168. The third-order valence-electron chi connectivity index (χ3n) is 7.57. The fourth-order valence-electron chi connectivity index (χ4n) is 6.30. The Morgan fingerprint density at radius 3 is 2.68 bits per heavy atom. The van der Waals surface area contributed by atoms with Crippen LogP contribution in [-0.2, 0) is 14.4 Å². The molecule has 0 radical (unpaired) electrons. The highest BCUT2D eigenvalue weighted by molar-refractivity contribution is 8.14. The van der Waals surface area contributed by atoms with Crippen molar-refractivity contribution in [3.05, 3.63) is 23.8 Å². The molecular formula is C21H26O3S. The molecule has 3 nitrogen and oxygen atoms in total. The van der Waals surface area contributed by atoms with Crippen LogP contribution >= 0.6 is 11.8 Å². The van der Waals surface area contributed by atoms with Gasteiger partial charge in [-0.2, -0.15) is 0 Å². The van der Waals surface area contributed by atoms with Crippen molar-refractivity contribution in [2.45, 2.75) is 58.1 Å². The molecule has 3 fully saturated rings. The molecule has 0 bridgehead atoms. The van der Waals surface area contributed by atoms with Gasteiger partial charge in [-0.05, 0) is 61.2 Å². The molecule has 0 aromatic rings. The van der Waals surface area contributed by atoms with Crippen molar-refractivity contribution in [2.24, 2.45) is 28.6 Å². The van der Waals surface area contributed by atoms with E-state index >= 15 is 0 Å². The van der Waals surface area contributed by atoms with E-state index in [9.17, 15) is 14.4 Å². The molecule has 6 atom stereocenters. The second-order valence-corrected chi connectivity index (χ2v) is 10.1. The Bertz CT molecular complexity index is 721. The van der Waals surface area contributed by atoms with Crippen molar-refractivity contribution in [2.75, 3.05) is 0 Å². The maximum atomic E-state index is 12.5. The number of Topliss-reactive ketones (excluding diaryl/α,β-unsaturated/α-hetero) is 1. The molecule has 0 aromatic carbocycles. The van der Waals surface area contributed by atoms with E-state index in [1.165, 1.54) is 11.8 Å². The third kappa shape index (κ3) is 2.43. The van der Waals surface area contributed by atoms with Crippen molar-refractivity contribution < 1.29 is 14.4 Å². The Morgan fingerprint density at radius 2 is 1.96 bits per heavy atom. The van der Waals surface area contributed by atoms with E-state index < -0.39 is 0 Å². The van der Waals surface area contributed by atoms with E-state index in [2.05, 4.69) is 19.9 Å². The van der Waals surface area contributed by atoms with E-state index in [4.69, 9.17) is 0 Å². The molecule has 25 heavy (non-hydrogen) atoms. The quantitative estimate of drug-likeness (QED) is 0.707. The molecule has 134 valence electrons. The second kappa shape index (κ2) is 5.67. The Balaban J connectivity index is 1.76. The summed E-state index contributed by atoms with van der Waals surface area (Å²) in [6.45, 7) is 6.02. The predicted octanol–water partition coefficient (Wildman–Crippen LogP) is 4.12. The van der Waals surface area contributed by atoms with E-state index in [0.29, 0.717) is 30.0 Å². The van der Waals surface area contributed by atoms with Crippen LogP contribution in [0.25, 0.3) is 0 Å². The average Bonchev–Trinajstić information content (AvgIpc) is 2.84. The number of hydrogen-bond donors (Lipinski definition) is 0. The summed E-state index contributed by atoms with van der Waals surface area (Å²) in [6.07, 6.45) is 10.2. The number of carbonyl (C=O) groups is 3. The van der Waals surface area contributed by atoms with Gasteiger partial charge in [-0.3, -0.25) is 14.4 Å². The monoisotopic (exact) mass is 358 g/mol. The number of carbonyl (C=O) groups excluding carboxylic acids is 3. The van der Waals surface area contributed by atoms with E-state index in [0.717, 1.165) is 31.3 Å². The van der Waals surface area contributed by atoms with Gasteiger partial charge in [0.2, 0.25) is 0 Å². The molecular weight excluding hydrogens is 332 g/mol. The lowest BCUT2D eigenvalue weighted by Crippen LogP contribution is -2.52. The molecule has 4 aliphatic carbocycles. The zero-order chi connectivity index (χ0) is 18.0. The first-order chi connectivity index (χ1) is 11.8. The molecule has 4 heteroatoms. The van der Waals surface area contributed by atoms with Crippen LogP contribution in [0.1, 0.15) is 52.9 Å². The third-order valence-corrected chi connectivity index (χ3v) is 8.63. The molecule has 4 aliphatic rings. The number of rotatable bonds is 1. The SMILES string of the molecule is CC(=O)S[C@H]1C[C@@H]2[C@H](CC[C@]3(C)C(=O)CC[C@@H]23)[C@@]2(C)C=CC(=O)C=C12. The fraction of sp³-hybridized carbons (Fsp3) is 0.667. The normalized spacial score (nSPS) is 45.5. The van der Waals surface area contributed by atoms with Gasteiger partial charge >= 0.3 is 0 Å². The predicted molar refractivity (Wildman–Crippen MR) is 99.1 cm³/mol. The zero-order valence-electron chi connectivity index (χ0n) is 15.2. The van der Waals surface area contributed by atoms with Crippen molar-refractivity contribution >= 4 is 28.4 Å². The Kier molecular flexibility index (Phi) is 3.91. The highest BCUT2D eigenvalue weighted by atomic mass is 32.2. The zero-order valence-corrected chi connectivity index (χ0v) is 16.0. The summed E-state index contributed by atoms with van der Waals surface area (Å²) < 4.78 is 0. The van der Waals surface area contributed by atoms with Gasteiger partial charge in [-0.15, -0.1) is 0 Å².